The lowest BCUT2D eigenvalue weighted by Gasteiger charge is -2.11. The van der Waals surface area contributed by atoms with Gasteiger partial charge in [0.15, 0.2) is 0 Å². The summed E-state index contributed by atoms with van der Waals surface area (Å²) in [6, 6.07) is 16.2. The SMILES string of the molecule is COc1ccc(Cc2nc(Cc3ccc(OC)cc3)c3c(n2)NCC3)cc1. The second kappa shape index (κ2) is 7.66. The third-order valence-corrected chi connectivity index (χ3v) is 4.86. The number of fused-ring (bicyclic) bond motifs is 1. The molecule has 1 aliphatic heterocycles. The average Bonchev–Trinajstić information content (AvgIpc) is 3.18. The van der Waals surface area contributed by atoms with Crippen molar-refractivity contribution in [3.8, 4) is 11.5 Å². The van der Waals surface area contributed by atoms with E-state index in [0.29, 0.717) is 6.42 Å². The quantitative estimate of drug-likeness (QED) is 0.726. The molecule has 27 heavy (non-hydrogen) atoms. The summed E-state index contributed by atoms with van der Waals surface area (Å²) >= 11 is 0. The van der Waals surface area contributed by atoms with E-state index in [9.17, 15) is 0 Å². The third kappa shape index (κ3) is 3.87. The first-order chi connectivity index (χ1) is 13.2. The Balaban J connectivity index is 1.60. The summed E-state index contributed by atoms with van der Waals surface area (Å²) in [4.78, 5) is 9.65. The summed E-state index contributed by atoms with van der Waals surface area (Å²) in [5.74, 6) is 3.55. The highest BCUT2D eigenvalue weighted by molar-refractivity contribution is 5.52. The van der Waals surface area contributed by atoms with Gasteiger partial charge < -0.3 is 14.8 Å². The maximum absolute atomic E-state index is 5.25. The summed E-state index contributed by atoms with van der Waals surface area (Å²) in [5.41, 5.74) is 4.74. The van der Waals surface area contributed by atoms with Crippen LogP contribution in [0.25, 0.3) is 0 Å². The molecule has 4 rings (SSSR count). The van der Waals surface area contributed by atoms with E-state index in [1.54, 1.807) is 14.2 Å². The Morgan fingerprint density at radius 1 is 0.815 bits per heavy atom. The van der Waals surface area contributed by atoms with E-state index in [0.717, 1.165) is 48.2 Å². The molecule has 2 aromatic carbocycles. The van der Waals surface area contributed by atoms with E-state index in [1.165, 1.54) is 16.7 Å². The molecule has 1 aliphatic rings. The minimum Gasteiger partial charge on any atom is -0.497 e. The minimum atomic E-state index is 0.703. The molecule has 5 nitrogen and oxygen atoms in total. The molecule has 3 aromatic rings. The third-order valence-electron chi connectivity index (χ3n) is 4.86. The molecule has 0 saturated heterocycles. The van der Waals surface area contributed by atoms with Crippen LogP contribution in [0.5, 0.6) is 11.5 Å². The second-order valence-corrected chi connectivity index (χ2v) is 6.64. The number of aromatic nitrogens is 2. The molecule has 0 bridgehead atoms. The zero-order chi connectivity index (χ0) is 18.6. The van der Waals surface area contributed by atoms with Gasteiger partial charge in [-0.2, -0.15) is 0 Å². The highest BCUT2D eigenvalue weighted by Gasteiger charge is 2.19. The molecule has 1 N–H and O–H groups in total. The number of methoxy groups -OCH3 is 2. The molecule has 138 valence electrons. The molecule has 1 aromatic heterocycles. The van der Waals surface area contributed by atoms with Crippen molar-refractivity contribution < 1.29 is 9.47 Å². The van der Waals surface area contributed by atoms with E-state index in [4.69, 9.17) is 19.4 Å². The van der Waals surface area contributed by atoms with Crippen molar-refractivity contribution in [1.29, 1.82) is 0 Å². The number of hydrogen-bond acceptors (Lipinski definition) is 5. The van der Waals surface area contributed by atoms with Gasteiger partial charge in [-0.15, -0.1) is 0 Å². The Bertz CT molecular complexity index is 922. The van der Waals surface area contributed by atoms with Crippen LogP contribution in [0.2, 0.25) is 0 Å². The summed E-state index contributed by atoms with van der Waals surface area (Å²) in [6.45, 7) is 0.922. The fourth-order valence-electron chi connectivity index (χ4n) is 3.38. The molecule has 0 amide bonds. The molecule has 0 aliphatic carbocycles. The Hall–Kier alpha value is -3.08. The Morgan fingerprint density at radius 2 is 1.41 bits per heavy atom. The van der Waals surface area contributed by atoms with Crippen LogP contribution in [0.3, 0.4) is 0 Å². The molecular weight excluding hydrogens is 338 g/mol. The van der Waals surface area contributed by atoms with Gasteiger partial charge in [0.1, 0.15) is 23.1 Å². The molecule has 2 heterocycles. The molecular formula is C22H23N3O2. The summed E-state index contributed by atoms with van der Waals surface area (Å²) in [7, 11) is 3.36. The minimum absolute atomic E-state index is 0.703. The molecule has 0 radical (unpaired) electrons. The van der Waals surface area contributed by atoms with E-state index in [2.05, 4.69) is 29.6 Å². The van der Waals surface area contributed by atoms with E-state index >= 15 is 0 Å². The van der Waals surface area contributed by atoms with Crippen LogP contribution in [-0.4, -0.2) is 30.7 Å². The fourth-order valence-corrected chi connectivity index (χ4v) is 3.38. The van der Waals surface area contributed by atoms with Gasteiger partial charge in [0.25, 0.3) is 0 Å². The van der Waals surface area contributed by atoms with Gasteiger partial charge in [0.2, 0.25) is 0 Å². The predicted molar refractivity (Wildman–Crippen MR) is 106 cm³/mol. The van der Waals surface area contributed by atoms with E-state index in [-0.39, 0.29) is 0 Å². The van der Waals surface area contributed by atoms with Crippen molar-refractivity contribution >= 4 is 5.82 Å². The number of nitrogens with one attached hydrogen (secondary N) is 1. The summed E-state index contributed by atoms with van der Waals surface area (Å²) in [6.07, 6.45) is 2.48. The van der Waals surface area contributed by atoms with Crippen molar-refractivity contribution in [2.45, 2.75) is 19.3 Å². The highest BCUT2D eigenvalue weighted by atomic mass is 16.5. The van der Waals surface area contributed by atoms with Crippen LogP contribution in [-0.2, 0) is 19.3 Å². The Labute approximate surface area is 159 Å². The first-order valence-corrected chi connectivity index (χ1v) is 9.13. The predicted octanol–water partition coefficient (Wildman–Crippen LogP) is 3.64. The number of nitrogens with zero attached hydrogens (tertiary/aromatic N) is 2. The summed E-state index contributed by atoms with van der Waals surface area (Å²) < 4.78 is 10.5. The smallest absolute Gasteiger partial charge is 0.135 e. The van der Waals surface area contributed by atoms with Crippen molar-refractivity contribution in [3.63, 3.8) is 0 Å². The lowest BCUT2D eigenvalue weighted by atomic mass is 10.0. The molecule has 5 heteroatoms. The number of rotatable bonds is 6. The standard InChI is InChI=1S/C22H23N3O2/c1-26-17-7-3-15(4-8-17)13-20-19-11-12-23-22(19)25-21(24-20)14-16-5-9-18(27-2)10-6-16/h3-10H,11-14H2,1-2H3,(H,23,24,25). The summed E-state index contributed by atoms with van der Waals surface area (Å²) in [5, 5.41) is 3.40. The van der Waals surface area contributed by atoms with Crippen LogP contribution < -0.4 is 14.8 Å². The topological polar surface area (TPSA) is 56.3 Å². The number of hydrogen-bond donors (Lipinski definition) is 1. The molecule has 0 spiro atoms. The fraction of sp³-hybridized carbons (Fsp3) is 0.273. The van der Waals surface area contributed by atoms with Crippen molar-refractivity contribution in [2.24, 2.45) is 0 Å². The maximum atomic E-state index is 5.25. The van der Waals surface area contributed by atoms with Gasteiger partial charge in [0, 0.05) is 24.9 Å². The van der Waals surface area contributed by atoms with Gasteiger partial charge >= 0.3 is 0 Å². The zero-order valence-corrected chi connectivity index (χ0v) is 15.7. The first-order valence-electron chi connectivity index (χ1n) is 9.13. The van der Waals surface area contributed by atoms with Gasteiger partial charge in [-0.3, -0.25) is 0 Å². The van der Waals surface area contributed by atoms with Crippen molar-refractivity contribution in [3.05, 3.63) is 76.7 Å². The van der Waals surface area contributed by atoms with Gasteiger partial charge in [-0.05, 0) is 41.8 Å². The van der Waals surface area contributed by atoms with Crippen molar-refractivity contribution in [1.82, 2.24) is 9.97 Å². The second-order valence-electron chi connectivity index (χ2n) is 6.64. The monoisotopic (exact) mass is 361 g/mol. The van der Waals surface area contributed by atoms with Gasteiger partial charge in [0.05, 0.1) is 19.9 Å². The van der Waals surface area contributed by atoms with Gasteiger partial charge in [-0.25, -0.2) is 9.97 Å². The number of anilines is 1. The van der Waals surface area contributed by atoms with Crippen LogP contribution in [0.15, 0.2) is 48.5 Å². The maximum Gasteiger partial charge on any atom is 0.135 e. The lowest BCUT2D eigenvalue weighted by Crippen LogP contribution is -2.06. The zero-order valence-electron chi connectivity index (χ0n) is 15.7. The van der Waals surface area contributed by atoms with Crippen LogP contribution in [0.4, 0.5) is 5.82 Å². The van der Waals surface area contributed by atoms with Crippen LogP contribution in [0, 0.1) is 0 Å². The van der Waals surface area contributed by atoms with Gasteiger partial charge in [-0.1, -0.05) is 24.3 Å². The molecule has 0 fully saturated rings. The molecule has 0 unspecified atom stereocenters. The van der Waals surface area contributed by atoms with Crippen LogP contribution in [0.1, 0.15) is 28.2 Å². The highest BCUT2D eigenvalue weighted by Crippen LogP contribution is 2.26. The average molecular weight is 361 g/mol. The van der Waals surface area contributed by atoms with E-state index in [1.807, 2.05) is 24.3 Å². The number of ether oxygens (including phenoxy) is 2. The first kappa shape index (κ1) is 17.3. The van der Waals surface area contributed by atoms with Crippen molar-refractivity contribution in [2.75, 3.05) is 26.1 Å². The van der Waals surface area contributed by atoms with E-state index < -0.39 is 0 Å². The number of benzene rings is 2. The van der Waals surface area contributed by atoms with Crippen LogP contribution >= 0.6 is 0 Å². The normalized spacial score (nSPS) is 12.4. The Kier molecular flexibility index (Phi) is 4.92. The lowest BCUT2D eigenvalue weighted by molar-refractivity contribution is 0.414. The Morgan fingerprint density at radius 3 is 2.00 bits per heavy atom. The largest absolute Gasteiger partial charge is 0.497 e. The molecule has 0 saturated carbocycles. The molecule has 0 atom stereocenters.